The van der Waals surface area contributed by atoms with E-state index in [-0.39, 0.29) is 0 Å². The first-order valence-electron chi connectivity index (χ1n) is 6.15. The summed E-state index contributed by atoms with van der Waals surface area (Å²) in [4.78, 5) is 0. The minimum atomic E-state index is 0.644. The molecule has 0 aliphatic heterocycles. The average molecular weight is 216 g/mol. The van der Waals surface area contributed by atoms with Gasteiger partial charge in [-0.3, -0.25) is 5.43 Å². The van der Waals surface area contributed by atoms with Crippen LogP contribution in [0.2, 0.25) is 0 Å². The minimum Gasteiger partial charge on any atom is -0.279 e. The molecule has 1 aromatic rings. The van der Waals surface area contributed by atoms with Crippen LogP contribution in [-0.4, -0.2) is 5.71 Å². The van der Waals surface area contributed by atoms with E-state index in [2.05, 4.69) is 48.6 Å². The van der Waals surface area contributed by atoms with Gasteiger partial charge in [-0.1, -0.05) is 25.5 Å². The Bertz CT molecular complexity index is 382. The van der Waals surface area contributed by atoms with E-state index >= 15 is 0 Å². The maximum absolute atomic E-state index is 4.54. The first-order chi connectivity index (χ1) is 7.75. The van der Waals surface area contributed by atoms with Crippen LogP contribution in [0.15, 0.2) is 29.4 Å². The highest BCUT2D eigenvalue weighted by Crippen LogP contribution is 2.21. The van der Waals surface area contributed by atoms with E-state index < -0.39 is 0 Å². The Morgan fingerprint density at radius 2 is 2.19 bits per heavy atom. The summed E-state index contributed by atoms with van der Waals surface area (Å²) in [6.07, 6.45) is 5.08. The van der Waals surface area contributed by atoms with Crippen molar-refractivity contribution >= 4 is 11.4 Å². The van der Waals surface area contributed by atoms with Gasteiger partial charge in [0.2, 0.25) is 0 Å². The summed E-state index contributed by atoms with van der Waals surface area (Å²) in [6, 6.07) is 8.34. The number of aryl methyl sites for hydroxylation is 1. The van der Waals surface area contributed by atoms with Gasteiger partial charge in [0.05, 0.1) is 5.69 Å². The van der Waals surface area contributed by atoms with Gasteiger partial charge in [0.1, 0.15) is 0 Å². The monoisotopic (exact) mass is 216 g/mol. The smallest absolute Gasteiger partial charge is 0.0564 e. The molecule has 1 saturated carbocycles. The largest absolute Gasteiger partial charge is 0.279 e. The van der Waals surface area contributed by atoms with Crippen molar-refractivity contribution in [1.29, 1.82) is 0 Å². The normalized spacial score (nSPS) is 23.4. The second kappa shape index (κ2) is 5.15. The van der Waals surface area contributed by atoms with Crippen LogP contribution in [0.4, 0.5) is 5.69 Å². The molecule has 1 fully saturated rings. The summed E-state index contributed by atoms with van der Waals surface area (Å²) in [5.74, 6) is 0.644. The van der Waals surface area contributed by atoms with Crippen LogP contribution in [-0.2, 0) is 0 Å². The fourth-order valence-electron chi connectivity index (χ4n) is 2.19. The van der Waals surface area contributed by atoms with Crippen molar-refractivity contribution in [2.75, 3.05) is 5.43 Å². The molecule has 16 heavy (non-hydrogen) atoms. The Morgan fingerprint density at radius 1 is 1.31 bits per heavy atom. The lowest BCUT2D eigenvalue weighted by atomic mass is 9.89. The molecule has 0 spiro atoms. The molecule has 86 valence electrons. The maximum atomic E-state index is 4.54. The molecule has 0 aromatic heterocycles. The van der Waals surface area contributed by atoms with E-state index in [0.29, 0.717) is 5.92 Å². The molecule has 0 heterocycles. The van der Waals surface area contributed by atoms with Crippen LogP contribution in [0.1, 0.15) is 38.2 Å². The van der Waals surface area contributed by atoms with Crippen molar-refractivity contribution in [3.63, 3.8) is 0 Å². The third-order valence-electron chi connectivity index (χ3n) is 3.24. The molecule has 0 amide bonds. The zero-order valence-corrected chi connectivity index (χ0v) is 10.2. The number of nitrogens with zero attached hydrogens (tertiary/aromatic N) is 1. The van der Waals surface area contributed by atoms with Crippen LogP contribution in [0, 0.1) is 12.8 Å². The molecule has 0 bridgehead atoms. The molecule has 0 unspecified atom stereocenters. The number of anilines is 1. The van der Waals surface area contributed by atoms with Gasteiger partial charge < -0.3 is 0 Å². The van der Waals surface area contributed by atoms with Crippen molar-refractivity contribution in [2.24, 2.45) is 11.0 Å². The van der Waals surface area contributed by atoms with E-state index in [9.17, 15) is 0 Å². The summed E-state index contributed by atoms with van der Waals surface area (Å²) in [5.41, 5.74) is 6.85. The van der Waals surface area contributed by atoms with Gasteiger partial charge in [-0.05, 0) is 49.8 Å². The summed E-state index contributed by atoms with van der Waals surface area (Å²) < 4.78 is 0. The van der Waals surface area contributed by atoms with Gasteiger partial charge in [-0.2, -0.15) is 5.10 Å². The fraction of sp³-hybridized carbons (Fsp3) is 0.500. The zero-order chi connectivity index (χ0) is 11.4. The van der Waals surface area contributed by atoms with Crippen molar-refractivity contribution in [1.82, 2.24) is 0 Å². The maximum Gasteiger partial charge on any atom is 0.0564 e. The minimum absolute atomic E-state index is 0.644. The Balaban J connectivity index is 2.02. The Labute approximate surface area is 97.8 Å². The topological polar surface area (TPSA) is 24.4 Å². The van der Waals surface area contributed by atoms with Crippen molar-refractivity contribution in [3.8, 4) is 0 Å². The van der Waals surface area contributed by atoms with Gasteiger partial charge in [-0.25, -0.2) is 0 Å². The Kier molecular flexibility index (Phi) is 3.60. The lowest BCUT2D eigenvalue weighted by Gasteiger charge is -2.20. The van der Waals surface area contributed by atoms with Gasteiger partial charge >= 0.3 is 0 Å². The van der Waals surface area contributed by atoms with Crippen LogP contribution < -0.4 is 5.43 Å². The van der Waals surface area contributed by atoms with Crippen LogP contribution in [0.25, 0.3) is 0 Å². The van der Waals surface area contributed by atoms with E-state index in [4.69, 9.17) is 0 Å². The third-order valence-corrected chi connectivity index (χ3v) is 3.24. The molecule has 2 heteroatoms. The first kappa shape index (κ1) is 11.2. The predicted octanol–water partition coefficient (Wildman–Crippen LogP) is 3.97. The second-order valence-corrected chi connectivity index (χ2v) is 4.73. The number of hydrazone groups is 1. The predicted molar refractivity (Wildman–Crippen MR) is 69.9 cm³/mol. The lowest BCUT2D eigenvalue weighted by Crippen LogP contribution is -2.17. The fourth-order valence-corrected chi connectivity index (χ4v) is 2.19. The van der Waals surface area contributed by atoms with Gasteiger partial charge in [0.25, 0.3) is 0 Å². The van der Waals surface area contributed by atoms with E-state index in [1.165, 1.54) is 30.5 Å². The number of benzene rings is 1. The van der Waals surface area contributed by atoms with Gasteiger partial charge in [0, 0.05) is 5.71 Å². The molecule has 0 radical (unpaired) electrons. The molecule has 1 aromatic carbocycles. The lowest BCUT2D eigenvalue weighted by molar-refractivity contribution is 0.558. The molecule has 1 aliphatic rings. The first-order valence-corrected chi connectivity index (χ1v) is 6.15. The molecule has 1 aliphatic carbocycles. The SMILES string of the molecule is Cc1cccc(N/N=C2/CCCC[C@H]2C)c1. The highest BCUT2D eigenvalue weighted by molar-refractivity contribution is 5.87. The standard InChI is InChI=1S/C14H20N2/c1-11-6-5-8-13(10-11)15-16-14-9-4-3-7-12(14)2/h5-6,8,10,12,15H,3-4,7,9H2,1-2H3/b16-14-/t12-/m1/s1. The van der Waals surface area contributed by atoms with Gasteiger partial charge in [-0.15, -0.1) is 0 Å². The highest BCUT2D eigenvalue weighted by Gasteiger charge is 2.15. The quantitative estimate of drug-likeness (QED) is 0.743. The molecular formula is C14H20N2. The Hall–Kier alpha value is -1.31. The summed E-state index contributed by atoms with van der Waals surface area (Å²) >= 11 is 0. The number of hydrogen-bond acceptors (Lipinski definition) is 2. The summed E-state index contributed by atoms with van der Waals surface area (Å²) in [7, 11) is 0. The van der Waals surface area contributed by atoms with E-state index in [1.807, 2.05) is 0 Å². The Morgan fingerprint density at radius 3 is 2.94 bits per heavy atom. The van der Waals surface area contributed by atoms with Crippen molar-refractivity contribution in [3.05, 3.63) is 29.8 Å². The molecule has 1 atom stereocenters. The van der Waals surface area contributed by atoms with Gasteiger partial charge in [0.15, 0.2) is 0 Å². The summed E-state index contributed by atoms with van der Waals surface area (Å²) in [6.45, 7) is 4.37. The number of rotatable bonds is 2. The van der Waals surface area contributed by atoms with Crippen molar-refractivity contribution < 1.29 is 0 Å². The number of hydrogen-bond donors (Lipinski definition) is 1. The third kappa shape index (κ3) is 2.84. The molecule has 0 saturated heterocycles. The number of nitrogens with one attached hydrogen (secondary N) is 1. The van der Waals surface area contributed by atoms with Crippen LogP contribution >= 0.6 is 0 Å². The van der Waals surface area contributed by atoms with Crippen LogP contribution in [0.3, 0.4) is 0 Å². The zero-order valence-electron chi connectivity index (χ0n) is 10.2. The van der Waals surface area contributed by atoms with Crippen LogP contribution in [0.5, 0.6) is 0 Å². The second-order valence-electron chi connectivity index (χ2n) is 4.73. The van der Waals surface area contributed by atoms with Crippen molar-refractivity contribution in [2.45, 2.75) is 39.5 Å². The highest BCUT2D eigenvalue weighted by atomic mass is 15.3. The van der Waals surface area contributed by atoms with E-state index in [1.54, 1.807) is 0 Å². The average Bonchev–Trinajstić information content (AvgIpc) is 2.28. The molecule has 2 rings (SSSR count). The molecule has 1 N–H and O–H groups in total. The van der Waals surface area contributed by atoms with E-state index in [0.717, 1.165) is 12.1 Å². The summed E-state index contributed by atoms with van der Waals surface area (Å²) in [5, 5.41) is 4.54. The molecular weight excluding hydrogens is 196 g/mol. The molecule has 2 nitrogen and oxygen atoms in total.